The van der Waals surface area contributed by atoms with Crippen LogP contribution in [-0.4, -0.2) is 35.1 Å². The summed E-state index contributed by atoms with van der Waals surface area (Å²) in [7, 11) is 0. The zero-order valence-corrected chi connectivity index (χ0v) is 20.4. The first-order valence-corrected chi connectivity index (χ1v) is 12.4. The molecule has 0 heterocycles. The van der Waals surface area contributed by atoms with E-state index in [1.807, 2.05) is 37.3 Å². The molecule has 0 aromatic heterocycles. The van der Waals surface area contributed by atoms with Gasteiger partial charge in [0.2, 0.25) is 11.8 Å². The van der Waals surface area contributed by atoms with Gasteiger partial charge in [0.1, 0.15) is 6.04 Å². The minimum absolute atomic E-state index is 0.0862. The van der Waals surface area contributed by atoms with E-state index in [0.717, 1.165) is 17.7 Å². The molecule has 0 fully saturated rings. The van der Waals surface area contributed by atoms with Crippen LogP contribution in [0.2, 0.25) is 10.0 Å². The number of benzene rings is 2. The maximum absolute atomic E-state index is 13.2. The van der Waals surface area contributed by atoms with Crippen molar-refractivity contribution in [3.05, 3.63) is 64.1 Å². The molecule has 0 aliphatic carbocycles. The van der Waals surface area contributed by atoms with E-state index in [1.165, 1.54) is 0 Å². The van der Waals surface area contributed by atoms with Gasteiger partial charge in [-0.05, 0) is 37.1 Å². The Kier molecular flexibility index (Phi) is 11.3. The fraction of sp³-hybridized carbons (Fsp3) is 0.417. The highest BCUT2D eigenvalue weighted by atomic mass is 35.5. The summed E-state index contributed by atoms with van der Waals surface area (Å²) in [5.74, 6) is 0.406. The van der Waals surface area contributed by atoms with E-state index in [1.54, 1.807) is 34.9 Å². The molecule has 2 aromatic rings. The van der Waals surface area contributed by atoms with E-state index in [2.05, 4.69) is 12.2 Å². The van der Waals surface area contributed by atoms with Crippen molar-refractivity contribution in [1.82, 2.24) is 10.2 Å². The van der Waals surface area contributed by atoms with Crippen LogP contribution in [0.15, 0.2) is 53.4 Å². The largest absolute Gasteiger partial charge is 0.354 e. The lowest BCUT2D eigenvalue weighted by molar-refractivity contribution is -0.141. The van der Waals surface area contributed by atoms with Gasteiger partial charge in [-0.15, -0.1) is 11.8 Å². The summed E-state index contributed by atoms with van der Waals surface area (Å²) in [4.78, 5) is 28.9. The third-order valence-electron chi connectivity index (χ3n) is 4.93. The number of unbranched alkanes of at least 4 members (excludes halogenated alkanes) is 1. The van der Waals surface area contributed by atoms with Crippen molar-refractivity contribution in [3.8, 4) is 0 Å². The Morgan fingerprint density at radius 2 is 1.71 bits per heavy atom. The first kappa shape index (κ1) is 25.6. The normalized spacial score (nSPS) is 11.7. The molecular formula is C24H30Cl2N2O2S. The monoisotopic (exact) mass is 480 g/mol. The van der Waals surface area contributed by atoms with E-state index in [4.69, 9.17) is 23.2 Å². The second-order valence-corrected chi connectivity index (χ2v) is 9.18. The maximum atomic E-state index is 13.2. The number of hydrogen-bond acceptors (Lipinski definition) is 3. The fourth-order valence-corrected chi connectivity index (χ4v) is 4.57. The molecule has 168 valence electrons. The predicted octanol–water partition coefficient (Wildman–Crippen LogP) is 6.20. The van der Waals surface area contributed by atoms with Crippen LogP contribution in [0.1, 0.15) is 45.1 Å². The number of carbonyl (C=O) groups is 2. The van der Waals surface area contributed by atoms with Crippen LogP contribution in [-0.2, 0) is 16.1 Å². The number of nitrogens with one attached hydrogen (secondary N) is 1. The van der Waals surface area contributed by atoms with Crippen LogP contribution in [0.3, 0.4) is 0 Å². The lowest BCUT2D eigenvalue weighted by Crippen LogP contribution is -2.49. The van der Waals surface area contributed by atoms with Crippen LogP contribution >= 0.6 is 35.0 Å². The van der Waals surface area contributed by atoms with Crippen molar-refractivity contribution in [2.24, 2.45) is 0 Å². The van der Waals surface area contributed by atoms with Crippen molar-refractivity contribution in [2.75, 3.05) is 12.3 Å². The lowest BCUT2D eigenvalue weighted by Gasteiger charge is -2.31. The number of amides is 2. The minimum Gasteiger partial charge on any atom is -0.354 e. The van der Waals surface area contributed by atoms with Gasteiger partial charge in [-0.25, -0.2) is 0 Å². The Balaban J connectivity index is 2.16. The zero-order valence-electron chi connectivity index (χ0n) is 18.1. The average molecular weight is 481 g/mol. The Morgan fingerprint density at radius 1 is 1.03 bits per heavy atom. The molecule has 2 rings (SSSR count). The summed E-state index contributed by atoms with van der Waals surface area (Å²) >= 11 is 14.4. The van der Waals surface area contributed by atoms with E-state index in [9.17, 15) is 9.59 Å². The Labute approximate surface area is 199 Å². The van der Waals surface area contributed by atoms with Gasteiger partial charge in [-0.2, -0.15) is 0 Å². The molecule has 0 saturated carbocycles. The lowest BCUT2D eigenvalue weighted by atomic mass is 10.1. The summed E-state index contributed by atoms with van der Waals surface area (Å²) in [6.45, 7) is 4.79. The van der Waals surface area contributed by atoms with Crippen LogP contribution in [0.4, 0.5) is 0 Å². The number of halogens is 2. The standard InChI is InChI=1S/C24H30Cl2N2O2S/c1-3-5-15-27-24(30)22(4-2)28(17-19-20(25)12-9-13-21(19)26)23(29)14-16-31-18-10-7-6-8-11-18/h6-13,22H,3-5,14-17H2,1-2H3,(H,27,30). The minimum atomic E-state index is -0.571. The van der Waals surface area contributed by atoms with Crippen molar-refractivity contribution in [2.45, 2.75) is 57.0 Å². The molecule has 31 heavy (non-hydrogen) atoms. The quantitative estimate of drug-likeness (QED) is 0.290. The van der Waals surface area contributed by atoms with Gasteiger partial charge < -0.3 is 10.2 Å². The summed E-state index contributed by atoms with van der Waals surface area (Å²) in [6, 6.07) is 14.7. The molecule has 1 unspecified atom stereocenters. The van der Waals surface area contributed by atoms with Crippen molar-refractivity contribution in [1.29, 1.82) is 0 Å². The van der Waals surface area contributed by atoms with Gasteiger partial charge in [-0.1, -0.05) is 67.7 Å². The smallest absolute Gasteiger partial charge is 0.242 e. The molecule has 1 atom stereocenters. The molecule has 0 aliphatic heterocycles. The van der Waals surface area contributed by atoms with Crippen LogP contribution in [0.5, 0.6) is 0 Å². The van der Waals surface area contributed by atoms with E-state index in [0.29, 0.717) is 40.7 Å². The highest BCUT2D eigenvalue weighted by Gasteiger charge is 2.29. The van der Waals surface area contributed by atoms with E-state index in [-0.39, 0.29) is 18.4 Å². The highest BCUT2D eigenvalue weighted by Crippen LogP contribution is 2.27. The first-order chi connectivity index (χ1) is 15.0. The number of nitrogens with zero attached hydrogens (tertiary/aromatic N) is 1. The molecule has 7 heteroatoms. The van der Waals surface area contributed by atoms with Gasteiger partial charge in [0.15, 0.2) is 0 Å². The number of hydrogen-bond donors (Lipinski definition) is 1. The third-order valence-corrected chi connectivity index (χ3v) is 6.66. The molecule has 0 bridgehead atoms. The fourth-order valence-electron chi connectivity index (χ4n) is 3.20. The number of carbonyl (C=O) groups excluding carboxylic acids is 2. The summed E-state index contributed by atoms with van der Waals surface area (Å²) in [5.41, 5.74) is 0.662. The Bertz CT molecular complexity index is 828. The number of rotatable bonds is 12. The van der Waals surface area contributed by atoms with E-state index >= 15 is 0 Å². The molecule has 1 N–H and O–H groups in total. The van der Waals surface area contributed by atoms with Gasteiger partial charge in [0.05, 0.1) is 0 Å². The molecule has 0 saturated heterocycles. The van der Waals surface area contributed by atoms with Crippen LogP contribution in [0.25, 0.3) is 0 Å². The average Bonchev–Trinajstić information content (AvgIpc) is 2.76. The molecule has 0 spiro atoms. The third kappa shape index (κ3) is 8.06. The first-order valence-electron chi connectivity index (χ1n) is 10.7. The summed E-state index contributed by atoms with van der Waals surface area (Å²) < 4.78 is 0. The van der Waals surface area contributed by atoms with Crippen LogP contribution in [0, 0.1) is 0 Å². The molecule has 4 nitrogen and oxygen atoms in total. The summed E-state index contributed by atoms with van der Waals surface area (Å²) in [6.07, 6.45) is 2.73. The molecule has 2 aromatic carbocycles. The van der Waals surface area contributed by atoms with Gasteiger partial charge in [0.25, 0.3) is 0 Å². The molecule has 2 amide bonds. The number of thioether (sulfide) groups is 1. The Hall–Kier alpha value is -1.69. The van der Waals surface area contributed by atoms with Crippen LogP contribution < -0.4 is 5.32 Å². The van der Waals surface area contributed by atoms with E-state index < -0.39 is 6.04 Å². The summed E-state index contributed by atoms with van der Waals surface area (Å²) in [5, 5.41) is 3.94. The predicted molar refractivity (Wildman–Crippen MR) is 131 cm³/mol. The highest BCUT2D eigenvalue weighted by molar-refractivity contribution is 7.99. The van der Waals surface area contributed by atoms with Gasteiger partial charge >= 0.3 is 0 Å². The Morgan fingerprint density at radius 3 is 2.32 bits per heavy atom. The second kappa shape index (κ2) is 13.7. The maximum Gasteiger partial charge on any atom is 0.242 e. The molecule has 0 aliphatic rings. The molecule has 0 radical (unpaired) electrons. The van der Waals surface area contributed by atoms with Gasteiger partial charge in [-0.3, -0.25) is 9.59 Å². The van der Waals surface area contributed by atoms with Crippen molar-refractivity contribution < 1.29 is 9.59 Å². The SMILES string of the molecule is CCCCNC(=O)C(CC)N(Cc1c(Cl)cccc1Cl)C(=O)CCSc1ccccc1. The van der Waals surface area contributed by atoms with Crippen molar-refractivity contribution in [3.63, 3.8) is 0 Å². The van der Waals surface area contributed by atoms with Gasteiger partial charge in [0, 0.05) is 45.8 Å². The topological polar surface area (TPSA) is 49.4 Å². The second-order valence-electron chi connectivity index (χ2n) is 7.20. The van der Waals surface area contributed by atoms with Crippen molar-refractivity contribution >= 4 is 46.8 Å². The zero-order chi connectivity index (χ0) is 22.6. The molecular weight excluding hydrogens is 451 g/mol.